The largest absolute Gasteiger partial charge is 0.297 e. The van der Waals surface area contributed by atoms with Crippen LogP contribution in [0, 0.1) is 6.92 Å². The van der Waals surface area contributed by atoms with Crippen LogP contribution in [0.15, 0.2) is 63.8 Å². The van der Waals surface area contributed by atoms with Crippen LogP contribution in [0.5, 0.6) is 0 Å². The molecular formula is C19H20ClN3O. The monoisotopic (exact) mass is 341 g/mol. The summed E-state index contributed by atoms with van der Waals surface area (Å²) in [4.78, 5) is 16.4. The van der Waals surface area contributed by atoms with Gasteiger partial charge in [-0.3, -0.25) is 9.79 Å². The number of ketones is 1. The summed E-state index contributed by atoms with van der Waals surface area (Å²) >= 11 is 6.14. The van der Waals surface area contributed by atoms with Crippen LogP contribution in [0.3, 0.4) is 0 Å². The molecule has 124 valence electrons. The summed E-state index contributed by atoms with van der Waals surface area (Å²) in [6, 6.07) is 14.7. The summed E-state index contributed by atoms with van der Waals surface area (Å²) in [7, 11) is 0. The van der Waals surface area contributed by atoms with Gasteiger partial charge in [0.2, 0.25) is 0 Å². The molecule has 2 aromatic rings. The van der Waals surface area contributed by atoms with E-state index >= 15 is 0 Å². The third kappa shape index (κ3) is 5.10. The molecule has 0 N–H and O–H groups in total. The molecule has 5 heteroatoms. The van der Waals surface area contributed by atoms with Crippen molar-refractivity contribution in [1.82, 2.24) is 0 Å². The number of azo groups is 1. The van der Waals surface area contributed by atoms with Crippen molar-refractivity contribution in [2.45, 2.75) is 33.4 Å². The molecular weight excluding hydrogens is 322 g/mol. The zero-order chi connectivity index (χ0) is 17.5. The van der Waals surface area contributed by atoms with Gasteiger partial charge < -0.3 is 0 Å². The van der Waals surface area contributed by atoms with Gasteiger partial charge in [0.05, 0.1) is 11.6 Å². The molecule has 0 aliphatic heterocycles. The zero-order valence-electron chi connectivity index (χ0n) is 14.0. The maximum absolute atomic E-state index is 11.9. The minimum Gasteiger partial charge on any atom is -0.297 e. The van der Waals surface area contributed by atoms with Crippen LogP contribution in [0.1, 0.15) is 25.0 Å². The van der Waals surface area contributed by atoms with Crippen molar-refractivity contribution in [3.63, 3.8) is 0 Å². The molecule has 1 atom stereocenters. The fourth-order valence-corrected chi connectivity index (χ4v) is 2.43. The Bertz CT molecular complexity index is 769. The van der Waals surface area contributed by atoms with Gasteiger partial charge in [-0.05, 0) is 44.0 Å². The molecule has 0 bridgehead atoms. The SMILES string of the molecule is CC(=O)C(N=Nc1ccc(C)cc1Cl)C(C)=NCc1ccccc1. The van der Waals surface area contributed by atoms with E-state index in [9.17, 15) is 4.79 Å². The normalized spacial score (nSPS) is 13.2. The highest BCUT2D eigenvalue weighted by Crippen LogP contribution is 2.26. The number of hydrogen-bond donors (Lipinski definition) is 0. The van der Waals surface area contributed by atoms with Crippen molar-refractivity contribution in [3.8, 4) is 0 Å². The van der Waals surface area contributed by atoms with Crippen LogP contribution < -0.4 is 0 Å². The molecule has 0 radical (unpaired) electrons. The van der Waals surface area contributed by atoms with Gasteiger partial charge in [-0.15, -0.1) is 0 Å². The van der Waals surface area contributed by atoms with E-state index in [0.29, 0.717) is 23.0 Å². The highest BCUT2D eigenvalue weighted by Gasteiger charge is 2.17. The maximum Gasteiger partial charge on any atom is 0.166 e. The second-order valence-corrected chi connectivity index (χ2v) is 6.03. The number of aryl methyl sites for hydroxylation is 1. The Morgan fingerprint density at radius 1 is 1.12 bits per heavy atom. The number of hydrogen-bond acceptors (Lipinski definition) is 4. The van der Waals surface area contributed by atoms with Gasteiger partial charge in [0.1, 0.15) is 5.69 Å². The molecule has 0 aliphatic rings. The molecule has 0 heterocycles. The number of carbonyl (C=O) groups excluding carboxylic acids is 1. The van der Waals surface area contributed by atoms with Crippen LogP contribution >= 0.6 is 11.6 Å². The highest BCUT2D eigenvalue weighted by atomic mass is 35.5. The lowest BCUT2D eigenvalue weighted by Crippen LogP contribution is -2.23. The molecule has 0 spiro atoms. The number of Topliss-reactive ketones (excluding diaryl/α,β-unsaturated/α-hetero) is 1. The lowest BCUT2D eigenvalue weighted by Gasteiger charge is -2.08. The number of halogens is 1. The first-order valence-corrected chi connectivity index (χ1v) is 8.07. The van der Waals surface area contributed by atoms with Gasteiger partial charge in [-0.1, -0.05) is 48.0 Å². The van der Waals surface area contributed by atoms with Gasteiger partial charge in [0, 0.05) is 5.71 Å². The van der Waals surface area contributed by atoms with Crippen molar-refractivity contribution < 1.29 is 4.79 Å². The van der Waals surface area contributed by atoms with Crippen molar-refractivity contribution in [3.05, 3.63) is 64.7 Å². The molecule has 4 nitrogen and oxygen atoms in total. The Morgan fingerprint density at radius 2 is 1.83 bits per heavy atom. The van der Waals surface area contributed by atoms with E-state index in [1.165, 1.54) is 6.92 Å². The smallest absolute Gasteiger partial charge is 0.166 e. The van der Waals surface area contributed by atoms with Gasteiger partial charge in [-0.25, -0.2) is 0 Å². The Hall–Kier alpha value is -2.33. The second kappa shape index (κ2) is 8.50. The molecule has 0 fully saturated rings. The van der Waals surface area contributed by atoms with Crippen LogP contribution in [0.25, 0.3) is 0 Å². The molecule has 0 amide bonds. The number of aliphatic imine (C=N–C) groups is 1. The molecule has 24 heavy (non-hydrogen) atoms. The summed E-state index contributed by atoms with van der Waals surface area (Å²) in [6.45, 7) is 5.75. The van der Waals surface area contributed by atoms with E-state index in [0.717, 1.165) is 11.1 Å². The number of rotatable bonds is 6. The average Bonchev–Trinajstić information content (AvgIpc) is 2.55. The molecule has 2 aromatic carbocycles. The van der Waals surface area contributed by atoms with Gasteiger partial charge in [-0.2, -0.15) is 10.2 Å². The van der Waals surface area contributed by atoms with E-state index in [2.05, 4.69) is 15.2 Å². The fraction of sp³-hybridized carbons (Fsp3) is 0.263. The maximum atomic E-state index is 11.9. The van der Waals surface area contributed by atoms with Gasteiger partial charge in [0.25, 0.3) is 0 Å². The Balaban J connectivity index is 2.16. The third-order valence-corrected chi connectivity index (χ3v) is 3.82. The molecule has 0 aromatic heterocycles. The molecule has 0 aliphatic carbocycles. The lowest BCUT2D eigenvalue weighted by atomic mass is 10.1. The quantitative estimate of drug-likeness (QED) is 0.516. The summed E-state index contributed by atoms with van der Waals surface area (Å²) in [5.74, 6) is -0.101. The molecule has 1 unspecified atom stereocenters. The van der Waals surface area contributed by atoms with Gasteiger partial charge >= 0.3 is 0 Å². The lowest BCUT2D eigenvalue weighted by molar-refractivity contribution is -0.116. The molecule has 0 saturated carbocycles. The summed E-state index contributed by atoms with van der Waals surface area (Å²) in [5.41, 5.74) is 3.31. The topological polar surface area (TPSA) is 54.1 Å². The Labute approximate surface area is 147 Å². The number of nitrogens with zero attached hydrogens (tertiary/aromatic N) is 3. The first kappa shape index (κ1) is 18.0. The van der Waals surface area contributed by atoms with E-state index in [1.54, 1.807) is 13.0 Å². The predicted octanol–water partition coefficient (Wildman–Crippen LogP) is 5.35. The zero-order valence-corrected chi connectivity index (χ0v) is 14.8. The van der Waals surface area contributed by atoms with Crippen molar-refractivity contribution in [2.75, 3.05) is 0 Å². The van der Waals surface area contributed by atoms with Crippen molar-refractivity contribution in [1.29, 1.82) is 0 Å². The average molecular weight is 342 g/mol. The molecule has 2 rings (SSSR count). The van der Waals surface area contributed by atoms with Crippen LogP contribution in [0.4, 0.5) is 5.69 Å². The van der Waals surface area contributed by atoms with Crippen LogP contribution in [0.2, 0.25) is 5.02 Å². The van der Waals surface area contributed by atoms with E-state index in [4.69, 9.17) is 11.6 Å². The van der Waals surface area contributed by atoms with Crippen molar-refractivity contribution >= 4 is 28.8 Å². The highest BCUT2D eigenvalue weighted by molar-refractivity contribution is 6.33. The van der Waals surface area contributed by atoms with E-state index in [1.807, 2.05) is 49.4 Å². The van der Waals surface area contributed by atoms with Crippen molar-refractivity contribution in [2.24, 2.45) is 15.2 Å². The van der Waals surface area contributed by atoms with E-state index in [-0.39, 0.29) is 5.78 Å². The molecule has 0 saturated heterocycles. The summed E-state index contributed by atoms with van der Waals surface area (Å²) in [5, 5.41) is 8.81. The summed E-state index contributed by atoms with van der Waals surface area (Å²) < 4.78 is 0. The minimum atomic E-state index is -0.689. The fourth-order valence-electron chi connectivity index (χ4n) is 2.16. The first-order valence-electron chi connectivity index (χ1n) is 7.69. The Kier molecular flexibility index (Phi) is 6.38. The van der Waals surface area contributed by atoms with E-state index < -0.39 is 6.04 Å². The Morgan fingerprint density at radius 3 is 2.46 bits per heavy atom. The minimum absolute atomic E-state index is 0.101. The second-order valence-electron chi connectivity index (χ2n) is 5.63. The van der Waals surface area contributed by atoms with Gasteiger partial charge in [0.15, 0.2) is 11.8 Å². The third-order valence-electron chi connectivity index (χ3n) is 3.52. The number of carbonyl (C=O) groups is 1. The van der Waals surface area contributed by atoms with Crippen LogP contribution in [-0.4, -0.2) is 17.5 Å². The number of benzene rings is 2. The summed E-state index contributed by atoms with van der Waals surface area (Å²) in [6.07, 6.45) is 0. The predicted molar refractivity (Wildman–Crippen MR) is 98.4 cm³/mol. The first-order chi connectivity index (χ1) is 11.5. The van der Waals surface area contributed by atoms with Crippen LogP contribution in [-0.2, 0) is 11.3 Å². The standard InChI is InChI=1S/C19H20ClN3O/c1-13-9-10-18(17(20)11-13)22-23-19(15(3)24)14(2)21-12-16-7-5-4-6-8-16/h4-11,19H,12H2,1-3H3.